The Bertz CT molecular complexity index is 1200. The highest BCUT2D eigenvalue weighted by atomic mass is 16.5. The number of imide groups is 1. The molecule has 7 heteroatoms. The van der Waals surface area contributed by atoms with E-state index in [0.29, 0.717) is 23.6 Å². The smallest absolute Gasteiger partial charge is 0.333 e. The maximum absolute atomic E-state index is 13.6. The highest BCUT2D eigenvalue weighted by Crippen LogP contribution is 2.46. The molecule has 3 heterocycles. The van der Waals surface area contributed by atoms with E-state index in [1.807, 2.05) is 32.0 Å². The van der Waals surface area contributed by atoms with Gasteiger partial charge in [0.1, 0.15) is 17.5 Å². The summed E-state index contributed by atoms with van der Waals surface area (Å²) in [5, 5.41) is 1.10. The predicted octanol–water partition coefficient (Wildman–Crippen LogP) is 3.81. The van der Waals surface area contributed by atoms with Crippen molar-refractivity contribution in [1.82, 2.24) is 9.88 Å². The van der Waals surface area contributed by atoms with Gasteiger partial charge in [0, 0.05) is 29.1 Å². The number of rotatable bonds is 3. The van der Waals surface area contributed by atoms with Crippen LogP contribution in [-0.4, -0.2) is 42.1 Å². The lowest BCUT2D eigenvalue weighted by Gasteiger charge is -2.42. The highest BCUT2D eigenvalue weighted by molar-refractivity contribution is 6.22. The largest absolute Gasteiger partial charge is 0.497 e. The van der Waals surface area contributed by atoms with Crippen LogP contribution in [0.2, 0.25) is 0 Å². The second-order valence-electron chi connectivity index (χ2n) is 8.17. The van der Waals surface area contributed by atoms with Crippen LogP contribution in [0.25, 0.3) is 10.9 Å². The van der Waals surface area contributed by atoms with Gasteiger partial charge < -0.3 is 19.4 Å². The first-order valence-corrected chi connectivity index (χ1v) is 9.88. The van der Waals surface area contributed by atoms with E-state index in [-0.39, 0.29) is 11.9 Å². The van der Waals surface area contributed by atoms with Crippen molar-refractivity contribution >= 4 is 28.5 Å². The summed E-state index contributed by atoms with van der Waals surface area (Å²) >= 11 is 0. The first-order valence-electron chi connectivity index (χ1n) is 9.88. The van der Waals surface area contributed by atoms with Crippen LogP contribution in [0.3, 0.4) is 0 Å². The van der Waals surface area contributed by atoms with Gasteiger partial charge in [0.25, 0.3) is 5.91 Å². The topological polar surface area (TPSA) is 74.9 Å². The lowest BCUT2D eigenvalue weighted by Crippen LogP contribution is -2.52. The van der Waals surface area contributed by atoms with E-state index in [9.17, 15) is 9.59 Å². The number of nitrogens with one attached hydrogen (secondary N) is 1. The number of benzene rings is 2. The molecule has 1 unspecified atom stereocenters. The van der Waals surface area contributed by atoms with E-state index in [1.165, 1.54) is 12.0 Å². The number of amides is 3. The summed E-state index contributed by atoms with van der Waals surface area (Å²) in [4.78, 5) is 33.5. The van der Waals surface area contributed by atoms with Crippen LogP contribution < -0.4 is 14.4 Å². The van der Waals surface area contributed by atoms with Gasteiger partial charge in [-0.25, -0.2) is 9.69 Å². The Balaban J connectivity index is 1.65. The van der Waals surface area contributed by atoms with E-state index in [2.05, 4.69) is 11.1 Å². The molecule has 3 amide bonds. The summed E-state index contributed by atoms with van der Waals surface area (Å²) in [7, 11) is 3.06. The van der Waals surface area contributed by atoms with Crippen molar-refractivity contribution in [1.29, 1.82) is 0 Å². The summed E-state index contributed by atoms with van der Waals surface area (Å²) < 4.78 is 10.7. The van der Waals surface area contributed by atoms with Crippen molar-refractivity contribution in [3.8, 4) is 11.5 Å². The Morgan fingerprint density at radius 3 is 2.57 bits per heavy atom. The van der Waals surface area contributed by atoms with Crippen molar-refractivity contribution in [3.63, 3.8) is 0 Å². The third-order valence-electron chi connectivity index (χ3n) is 6.27. The molecule has 2 aliphatic heterocycles. The third kappa shape index (κ3) is 2.32. The first-order chi connectivity index (χ1) is 14.4. The molecular formula is C23H23N3O4. The minimum Gasteiger partial charge on any atom is -0.497 e. The van der Waals surface area contributed by atoms with Crippen LogP contribution in [-0.2, 0) is 16.8 Å². The molecule has 0 radical (unpaired) electrons. The zero-order valence-electron chi connectivity index (χ0n) is 17.4. The summed E-state index contributed by atoms with van der Waals surface area (Å²) in [6, 6.07) is 12.2. The van der Waals surface area contributed by atoms with Crippen LogP contribution in [0.4, 0.5) is 10.5 Å². The number of urea groups is 1. The quantitative estimate of drug-likeness (QED) is 0.673. The van der Waals surface area contributed by atoms with Gasteiger partial charge in [0.2, 0.25) is 0 Å². The van der Waals surface area contributed by atoms with E-state index in [4.69, 9.17) is 9.47 Å². The van der Waals surface area contributed by atoms with Crippen molar-refractivity contribution in [3.05, 3.63) is 53.7 Å². The molecule has 30 heavy (non-hydrogen) atoms. The van der Waals surface area contributed by atoms with E-state index < -0.39 is 11.6 Å². The average molecular weight is 405 g/mol. The summed E-state index contributed by atoms with van der Waals surface area (Å²) in [6.07, 6.45) is 0.468. The van der Waals surface area contributed by atoms with Crippen LogP contribution in [0.15, 0.2) is 42.5 Å². The first kappa shape index (κ1) is 18.5. The Morgan fingerprint density at radius 2 is 1.83 bits per heavy atom. The Kier molecular flexibility index (Phi) is 3.87. The zero-order valence-corrected chi connectivity index (χ0v) is 17.4. The number of methoxy groups -OCH3 is 2. The zero-order chi connectivity index (χ0) is 21.2. The molecule has 1 N–H and O–H groups in total. The molecule has 1 aromatic heterocycles. The summed E-state index contributed by atoms with van der Waals surface area (Å²) in [5.74, 6) is 0.737. The molecule has 5 rings (SSSR count). The molecule has 0 aliphatic carbocycles. The third-order valence-corrected chi connectivity index (χ3v) is 6.27. The normalized spacial score (nSPS) is 19.8. The number of ether oxygens (including phenoxy) is 2. The van der Waals surface area contributed by atoms with Crippen molar-refractivity contribution in [2.45, 2.75) is 31.8 Å². The predicted molar refractivity (Wildman–Crippen MR) is 113 cm³/mol. The SMILES string of the molecule is COc1ccc(OC)c(N2C(=O)C3Cc4c([nH]c5ccccc45)C(C)(C)N3C2=O)c1. The molecule has 3 aromatic rings. The van der Waals surface area contributed by atoms with Crippen LogP contribution in [0, 0.1) is 0 Å². The molecule has 1 saturated heterocycles. The number of hydrogen-bond acceptors (Lipinski definition) is 4. The number of para-hydroxylation sites is 1. The van der Waals surface area contributed by atoms with Gasteiger partial charge in [-0.2, -0.15) is 0 Å². The Morgan fingerprint density at radius 1 is 1.07 bits per heavy atom. The standard InChI is InChI=1S/C23H23N3O4/c1-23(2)20-15(14-7-5-6-8-16(14)24-20)12-18-21(27)25(22(28)26(18)23)17-11-13(29-3)9-10-19(17)30-4/h5-11,18,24H,12H2,1-4H3. The average Bonchev–Trinajstić information content (AvgIpc) is 3.24. The van der Waals surface area contributed by atoms with Gasteiger partial charge in [0.15, 0.2) is 0 Å². The number of H-pyrrole nitrogens is 1. The molecule has 2 aromatic carbocycles. The molecular weight excluding hydrogens is 382 g/mol. The fraction of sp³-hybridized carbons (Fsp3) is 0.304. The van der Waals surface area contributed by atoms with Gasteiger partial charge in [-0.05, 0) is 37.6 Å². The Hall–Kier alpha value is -3.48. The van der Waals surface area contributed by atoms with E-state index in [1.54, 1.807) is 30.2 Å². The number of anilines is 1. The molecule has 0 saturated carbocycles. The highest BCUT2D eigenvalue weighted by Gasteiger charge is 2.56. The number of nitrogens with zero attached hydrogens (tertiary/aromatic N) is 2. The number of carbonyl (C=O) groups is 2. The minimum atomic E-state index is -0.676. The molecule has 154 valence electrons. The molecule has 1 atom stereocenters. The van der Waals surface area contributed by atoms with Gasteiger partial charge in [-0.3, -0.25) is 4.79 Å². The molecule has 0 bridgehead atoms. The van der Waals surface area contributed by atoms with E-state index in [0.717, 1.165) is 22.2 Å². The monoisotopic (exact) mass is 405 g/mol. The fourth-order valence-corrected chi connectivity index (χ4v) is 4.84. The number of aromatic nitrogens is 1. The van der Waals surface area contributed by atoms with Gasteiger partial charge in [-0.1, -0.05) is 18.2 Å². The summed E-state index contributed by atoms with van der Waals surface area (Å²) in [6.45, 7) is 3.95. The van der Waals surface area contributed by atoms with Crippen molar-refractivity contribution < 1.29 is 19.1 Å². The van der Waals surface area contributed by atoms with Gasteiger partial charge in [0.05, 0.1) is 25.4 Å². The lowest BCUT2D eigenvalue weighted by atomic mass is 9.85. The lowest BCUT2D eigenvalue weighted by molar-refractivity contribution is -0.121. The number of hydrogen-bond donors (Lipinski definition) is 1. The fourth-order valence-electron chi connectivity index (χ4n) is 4.84. The maximum atomic E-state index is 13.6. The number of aromatic amines is 1. The summed E-state index contributed by atoms with van der Waals surface area (Å²) in [5.41, 5.74) is 2.80. The molecule has 1 fully saturated rings. The molecule has 2 aliphatic rings. The number of fused-ring (bicyclic) bond motifs is 4. The number of carbonyl (C=O) groups excluding carboxylic acids is 2. The Labute approximate surface area is 174 Å². The second kappa shape index (κ2) is 6.26. The van der Waals surface area contributed by atoms with Crippen LogP contribution >= 0.6 is 0 Å². The minimum absolute atomic E-state index is 0.254. The molecule has 0 spiro atoms. The molecule has 7 nitrogen and oxygen atoms in total. The second-order valence-corrected chi connectivity index (χ2v) is 8.17. The van der Waals surface area contributed by atoms with Crippen LogP contribution in [0.5, 0.6) is 11.5 Å². The van der Waals surface area contributed by atoms with Gasteiger partial charge >= 0.3 is 6.03 Å². The van der Waals surface area contributed by atoms with Crippen molar-refractivity contribution in [2.75, 3.05) is 19.1 Å². The van der Waals surface area contributed by atoms with Crippen LogP contribution in [0.1, 0.15) is 25.1 Å². The van der Waals surface area contributed by atoms with E-state index >= 15 is 0 Å². The van der Waals surface area contributed by atoms with Crippen molar-refractivity contribution in [2.24, 2.45) is 0 Å². The maximum Gasteiger partial charge on any atom is 0.333 e. The van der Waals surface area contributed by atoms with Gasteiger partial charge in [-0.15, -0.1) is 0 Å².